The topological polar surface area (TPSA) is 107 Å². The van der Waals surface area contributed by atoms with E-state index in [1.54, 1.807) is 19.1 Å². The highest BCUT2D eigenvalue weighted by Gasteiger charge is 2.15. The maximum Gasteiger partial charge on any atom is 0.250 e. The lowest BCUT2D eigenvalue weighted by Crippen LogP contribution is -2.28. The van der Waals surface area contributed by atoms with Gasteiger partial charge in [-0.15, -0.1) is 12.4 Å². The summed E-state index contributed by atoms with van der Waals surface area (Å²) in [6.45, 7) is 4.25. The van der Waals surface area contributed by atoms with Crippen molar-refractivity contribution in [3.8, 4) is 5.75 Å². The van der Waals surface area contributed by atoms with Crippen LogP contribution in [0.5, 0.6) is 5.75 Å². The third kappa shape index (κ3) is 4.71. The van der Waals surface area contributed by atoms with E-state index in [4.69, 9.17) is 16.2 Å². The average Bonchev–Trinajstić information content (AvgIpc) is 2.39. The monoisotopic (exact) mass is 301 g/mol. The smallest absolute Gasteiger partial charge is 0.250 e. The van der Waals surface area contributed by atoms with Gasteiger partial charge in [0.1, 0.15) is 5.75 Å². The Bertz CT molecular complexity index is 480. The molecule has 0 aliphatic rings. The summed E-state index contributed by atoms with van der Waals surface area (Å²) in [7, 11) is 0. The van der Waals surface area contributed by atoms with Crippen molar-refractivity contribution in [2.24, 2.45) is 17.4 Å². The van der Waals surface area contributed by atoms with Gasteiger partial charge in [0.05, 0.1) is 17.9 Å². The maximum atomic E-state index is 11.8. The molecule has 2 amide bonds. The number of anilines is 1. The summed E-state index contributed by atoms with van der Waals surface area (Å²) < 4.78 is 5.28. The first-order chi connectivity index (χ1) is 8.99. The fourth-order valence-electron chi connectivity index (χ4n) is 1.46. The molecule has 0 aliphatic carbocycles. The van der Waals surface area contributed by atoms with Gasteiger partial charge in [0, 0.05) is 12.5 Å². The predicted octanol–water partition coefficient (Wildman–Crippen LogP) is 1.14. The Balaban J connectivity index is 0.00000361. The Morgan fingerprint density at radius 1 is 1.40 bits per heavy atom. The fraction of sp³-hybridized carbons (Fsp3) is 0.385. The first kappa shape index (κ1) is 18.2. The lowest BCUT2D eigenvalue weighted by molar-refractivity contribution is -0.119. The second kappa shape index (κ2) is 8.39. The molecule has 1 aromatic carbocycles. The normalized spacial score (nSPS) is 11.2. The van der Waals surface area contributed by atoms with Crippen molar-refractivity contribution in [2.45, 2.75) is 13.8 Å². The number of benzene rings is 1. The summed E-state index contributed by atoms with van der Waals surface area (Å²) in [4.78, 5) is 23.1. The number of halogens is 1. The minimum atomic E-state index is -0.628. The molecule has 0 heterocycles. The highest BCUT2D eigenvalue weighted by Crippen LogP contribution is 2.22. The van der Waals surface area contributed by atoms with Crippen molar-refractivity contribution in [2.75, 3.05) is 18.5 Å². The van der Waals surface area contributed by atoms with Gasteiger partial charge in [-0.1, -0.05) is 6.92 Å². The molecule has 112 valence electrons. The summed E-state index contributed by atoms with van der Waals surface area (Å²) >= 11 is 0. The first-order valence-electron chi connectivity index (χ1n) is 6.07. The van der Waals surface area contributed by atoms with Crippen molar-refractivity contribution >= 4 is 29.9 Å². The molecule has 1 unspecified atom stereocenters. The molecule has 1 atom stereocenters. The van der Waals surface area contributed by atoms with Crippen LogP contribution in [0, 0.1) is 5.92 Å². The Kier molecular flexibility index (Phi) is 7.64. The molecule has 0 radical (unpaired) electrons. The van der Waals surface area contributed by atoms with Crippen LogP contribution in [-0.2, 0) is 4.79 Å². The lowest BCUT2D eigenvalue weighted by Gasteiger charge is -2.13. The molecule has 1 aromatic rings. The van der Waals surface area contributed by atoms with Crippen LogP contribution < -0.4 is 21.5 Å². The molecule has 0 spiro atoms. The molecule has 6 nitrogen and oxygen atoms in total. The summed E-state index contributed by atoms with van der Waals surface area (Å²) in [6.07, 6.45) is 0. The number of hydrogen-bond acceptors (Lipinski definition) is 4. The number of carbonyl (C=O) groups is 2. The summed E-state index contributed by atoms with van der Waals surface area (Å²) in [5.41, 5.74) is 11.3. The van der Waals surface area contributed by atoms with Gasteiger partial charge in [-0.3, -0.25) is 9.59 Å². The van der Waals surface area contributed by atoms with Crippen LogP contribution in [0.25, 0.3) is 0 Å². The molecule has 7 heteroatoms. The number of primary amides is 1. The molecule has 20 heavy (non-hydrogen) atoms. The molecule has 0 saturated carbocycles. The van der Waals surface area contributed by atoms with Gasteiger partial charge in [-0.25, -0.2) is 0 Å². The van der Waals surface area contributed by atoms with Crippen LogP contribution >= 0.6 is 12.4 Å². The minimum Gasteiger partial charge on any atom is -0.494 e. The SMILES string of the molecule is CCOc1ccc(NC(=O)C(C)CN)c(C(N)=O)c1.Cl. The molecule has 5 N–H and O–H groups in total. The Morgan fingerprint density at radius 3 is 2.55 bits per heavy atom. The van der Waals surface area contributed by atoms with E-state index in [1.807, 2.05) is 6.92 Å². The Morgan fingerprint density at radius 2 is 2.05 bits per heavy atom. The van der Waals surface area contributed by atoms with Gasteiger partial charge in [0.25, 0.3) is 5.91 Å². The Labute approximate surface area is 124 Å². The van der Waals surface area contributed by atoms with E-state index in [1.165, 1.54) is 6.07 Å². The Hall–Kier alpha value is -1.79. The molecule has 0 saturated heterocycles. The third-order valence-corrected chi connectivity index (χ3v) is 2.63. The van der Waals surface area contributed by atoms with Gasteiger partial charge >= 0.3 is 0 Å². The van der Waals surface area contributed by atoms with Crippen LogP contribution in [0.4, 0.5) is 5.69 Å². The standard InChI is InChI=1S/C13H19N3O3.ClH/c1-3-19-9-4-5-11(10(6-9)12(15)17)16-13(18)8(2)7-14;/h4-6,8H,3,7,14H2,1-2H3,(H2,15,17)(H,16,18);1H. The summed E-state index contributed by atoms with van der Waals surface area (Å²) in [5, 5.41) is 2.64. The quantitative estimate of drug-likeness (QED) is 0.732. The van der Waals surface area contributed by atoms with Crippen LogP contribution in [0.15, 0.2) is 18.2 Å². The van der Waals surface area contributed by atoms with Crippen LogP contribution in [0.2, 0.25) is 0 Å². The van der Waals surface area contributed by atoms with Crippen molar-refractivity contribution in [3.63, 3.8) is 0 Å². The number of hydrogen-bond donors (Lipinski definition) is 3. The van der Waals surface area contributed by atoms with Gasteiger partial charge in [-0.05, 0) is 25.1 Å². The second-order valence-electron chi connectivity index (χ2n) is 4.13. The van der Waals surface area contributed by atoms with Crippen molar-refractivity contribution in [1.82, 2.24) is 0 Å². The van der Waals surface area contributed by atoms with E-state index in [0.29, 0.717) is 18.0 Å². The minimum absolute atomic E-state index is 0. The zero-order valence-electron chi connectivity index (χ0n) is 11.5. The number of nitrogens with two attached hydrogens (primary N) is 2. The highest BCUT2D eigenvalue weighted by molar-refractivity contribution is 6.03. The van der Waals surface area contributed by atoms with E-state index >= 15 is 0 Å². The molecule has 0 aromatic heterocycles. The van der Waals surface area contributed by atoms with Crippen LogP contribution in [0.1, 0.15) is 24.2 Å². The number of rotatable bonds is 6. The maximum absolute atomic E-state index is 11.8. The largest absolute Gasteiger partial charge is 0.494 e. The number of carbonyl (C=O) groups excluding carboxylic acids is 2. The molecule has 0 bridgehead atoms. The van der Waals surface area contributed by atoms with Crippen molar-refractivity contribution < 1.29 is 14.3 Å². The van der Waals surface area contributed by atoms with Gasteiger partial charge in [0.15, 0.2) is 0 Å². The van der Waals surface area contributed by atoms with Gasteiger partial charge in [0.2, 0.25) is 5.91 Å². The molecular formula is C13H20ClN3O3. The fourth-order valence-corrected chi connectivity index (χ4v) is 1.46. The van der Waals surface area contributed by atoms with Crippen molar-refractivity contribution in [1.29, 1.82) is 0 Å². The van der Waals surface area contributed by atoms with E-state index in [-0.39, 0.29) is 36.3 Å². The summed E-state index contributed by atoms with van der Waals surface area (Å²) in [6, 6.07) is 4.76. The zero-order valence-corrected chi connectivity index (χ0v) is 12.3. The first-order valence-corrected chi connectivity index (χ1v) is 6.07. The molecule has 0 fully saturated rings. The molecule has 0 aliphatic heterocycles. The predicted molar refractivity (Wildman–Crippen MR) is 80.2 cm³/mol. The van der Waals surface area contributed by atoms with E-state index < -0.39 is 5.91 Å². The second-order valence-corrected chi connectivity index (χ2v) is 4.13. The zero-order chi connectivity index (χ0) is 14.4. The highest BCUT2D eigenvalue weighted by atomic mass is 35.5. The third-order valence-electron chi connectivity index (χ3n) is 2.63. The number of ether oxygens (including phenoxy) is 1. The van der Waals surface area contributed by atoms with E-state index in [9.17, 15) is 9.59 Å². The van der Waals surface area contributed by atoms with E-state index in [0.717, 1.165) is 0 Å². The van der Waals surface area contributed by atoms with Crippen LogP contribution in [0.3, 0.4) is 0 Å². The van der Waals surface area contributed by atoms with Crippen LogP contribution in [-0.4, -0.2) is 25.0 Å². The lowest BCUT2D eigenvalue weighted by atomic mass is 10.1. The molecule has 1 rings (SSSR count). The molecular weight excluding hydrogens is 282 g/mol. The van der Waals surface area contributed by atoms with Gasteiger partial charge < -0.3 is 21.5 Å². The van der Waals surface area contributed by atoms with Gasteiger partial charge in [-0.2, -0.15) is 0 Å². The number of amides is 2. The number of nitrogens with one attached hydrogen (secondary N) is 1. The van der Waals surface area contributed by atoms with E-state index in [2.05, 4.69) is 5.32 Å². The summed E-state index contributed by atoms with van der Waals surface area (Å²) in [5.74, 6) is -0.695. The average molecular weight is 302 g/mol. The van der Waals surface area contributed by atoms with Crippen molar-refractivity contribution in [3.05, 3.63) is 23.8 Å².